The van der Waals surface area contributed by atoms with E-state index in [1.54, 1.807) is 25.2 Å². The van der Waals surface area contributed by atoms with Crippen LogP contribution in [0.1, 0.15) is 25.3 Å². The lowest BCUT2D eigenvalue weighted by Crippen LogP contribution is -2.39. The van der Waals surface area contributed by atoms with Gasteiger partial charge in [0.2, 0.25) is 5.91 Å². The third kappa shape index (κ3) is 6.23. The zero-order valence-electron chi connectivity index (χ0n) is 12.9. The molecule has 0 aliphatic heterocycles. The topological polar surface area (TPSA) is 43.8 Å². The van der Waals surface area contributed by atoms with E-state index >= 15 is 0 Å². The average Bonchev–Trinajstić information content (AvgIpc) is 2.47. The number of rotatable bonds is 9. The molecule has 0 bridgehead atoms. The molecule has 1 amide bonds. The van der Waals surface area contributed by atoms with Crippen LogP contribution >= 0.6 is 0 Å². The second-order valence-corrected chi connectivity index (χ2v) is 5.19. The number of aliphatic hydroxyl groups is 1. The predicted octanol–water partition coefficient (Wildman–Crippen LogP) is 1.88. The fraction of sp³-hybridized carbons (Fsp3) is 0.562. The third-order valence-electron chi connectivity index (χ3n) is 3.39. The molecule has 1 aromatic carbocycles. The maximum absolute atomic E-state index is 13.6. The maximum Gasteiger partial charge on any atom is 0.236 e. The van der Waals surface area contributed by atoms with Crippen LogP contribution in [0.5, 0.6) is 0 Å². The van der Waals surface area contributed by atoms with E-state index in [1.807, 2.05) is 4.90 Å². The second kappa shape index (κ2) is 9.47. The van der Waals surface area contributed by atoms with Gasteiger partial charge in [-0.05, 0) is 19.0 Å². The Kier molecular flexibility index (Phi) is 7.93. The summed E-state index contributed by atoms with van der Waals surface area (Å²) in [4.78, 5) is 15.6. The van der Waals surface area contributed by atoms with Gasteiger partial charge in [0.05, 0.1) is 13.2 Å². The Hall–Kier alpha value is -1.46. The van der Waals surface area contributed by atoms with Crippen molar-refractivity contribution in [3.63, 3.8) is 0 Å². The van der Waals surface area contributed by atoms with Crippen LogP contribution in [0.2, 0.25) is 0 Å². The summed E-state index contributed by atoms with van der Waals surface area (Å²) >= 11 is 0. The van der Waals surface area contributed by atoms with Crippen LogP contribution in [0, 0.1) is 5.82 Å². The Bertz CT molecular complexity index is 440. The molecule has 0 saturated carbocycles. The fourth-order valence-corrected chi connectivity index (χ4v) is 2.08. The van der Waals surface area contributed by atoms with Crippen molar-refractivity contribution in [2.45, 2.75) is 26.3 Å². The van der Waals surface area contributed by atoms with E-state index in [0.29, 0.717) is 12.1 Å². The van der Waals surface area contributed by atoms with E-state index in [2.05, 4.69) is 6.92 Å². The Labute approximate surface area is 126 Å². The third-order valence-corrected chi connectivity index (χ3v) is 3.39. The van der Waals surface area contributed by atoms with Crippen molar-refractivity contribution >= 4 is 5.91 Å². The highest BCUT2D eigenvalue weighted by molar-refractivity contribution is 5.78. The first kappa shape index (κ1) is 17.6. The quantitative estimate of drug-likeness (QED) is 0.756. The molecule has 0 spiro atoms. The normalized spacial score (nSPS) is 10.9. The van der Waals surface area contributed by atoms with Crippen molar-refractivity contribution in [2.75, 3.05) is 33.3 Å². The number of likely N-dealkylation sites (N-methyl/N-ethyl adjacent to an activating group) is 1. The van der Waals surface area contributed by atoms with Gasteiger partial charge in [-0.3, -0.25) is 9.69 Å². The molecule has 118 valence electrons. The van der Waals surface area contributed by atoms with Crippen molar-refractivity contribution in [3.8, 4) is 0 Å². The van der Waals surface area contributed by atoms with Gasteiger partial charge in [-0.1, -0.05) is 31.5 Å². The highest BCUT2D eigenvalue weighted by atomic mass is 19.1. The molecule has 5 heteroatoms. The lowest BCUT2D eigenvalue weighted by atomic mass is 10.2. The molecule has 0 aliphatic carbocycles. The van der Waals surface area contributed by atoms with Gasteiger partial charge in [-0.15, -0.1) is 0 Å². The minimum Gasteiger partial charge on any atom is -0.395 e. The Morgan fingerprint density at radius 3 is 2.62 bits per heavy atom. The molecule has 0 heterocycles. The van der Waals surface area contributed by atoms with Crippen LogP contribution in [0.3, 0.4) is 0 Å². The Balaban J connectivity index is 2.54. The molecular weight excluding hydrogens is 271 g/mol. The van der Waals surface area contributed by atoms with Crippen molar-refractivity contribution in [2.24, 2.45) is 0 Å². The van der Waals surface area contributed by atoms with E-state index in [0.717, 1.165) is 19.4 Å². The number of hydrogen-bond acceptors (Lipinski definition) is 3. The number of hydrogen-bond donors (Lipinski definition) is 1. The Morgan fingerprint density at radius 2 is 2.00 bits per heavy atom. The zero-order chi connectivity index (χ0) is 15.7. The largest absolute Gasteiger partial charge is 0.395 e. The molecule has 4 nitrogen and oxygen atoms in total. The molecule has 0 radical (unpaired) electrons. The van der Waals surface area contributed by atoms with E-state index in [-0.39, 0.29) is 31.4 Å². The molecule has 0 atom stereocenters. The first-order valence-electron chi connectivity index (χ1n) is 7.39. The van der Waals surface area contributed by atoms with Crippen LogP contribution < -0.4 is 0 Å². The van der Waals surface area contributed by atoms with Gasteiger partial charge in [0.1, 0.15) is 5.82 Å². The number of carbonyl (C=O) groups is 1. The van der Waals surface area contributed by atoms with Gasteiger partial charge in [-0.25, -0.2) is 4.39 Å². The smallest absolute Gasteiger partial charge is 0.236 e. The average molecular weight is 296 g/mol. The summed E-state index contributed by atoms with van der Waals surface area (Å²) in [6.45, 7) is 3.91. The minimum absolute atomic E-state index is 0.0357. The molecule has 1 N–H and O–H groups in total. The van der Waals surface area contributed by atoms with Crippen LogP contribution in [-0.2, 0) is 11.3 Å². The van der Waals surface area contributed by atoms with Crippen LogP contribution in [0.25, 0.3) is 0 Å². The minimum atomic E-state index is -0.296. The number of aliphatic hydroxyl groups excluding tert-OH is 1. The van der Waals surface area contributed by atoms with Crippen LogP contribution in [0.4, 0.5) is 4.39 Å². The number of amides is 1. The molecule has 0 aromatic heterocycles. The standard InChI is InChI=1S/C16H25FN2O2/c1-3-4-9-19(10-11-20)13-16(21)18(2)12-14-7-5-6-8-15(14)17/h5-8,20H,3-4,9-13H2,1-2H3. The van der Waals surface area contributed by atoms with E-state index < -0.39 is 0 Å². The summed E-state index contributed by atoms with van der Waals surface area (Å²) in [7, 11) is 1.67. The SMILES string of the molecule is CCCCN(CCO)CC(=O)N(C)Cc1ccccc1F. The van der Waals surface area contributed by atoms with Gasteiger partial charge in [0.25, 0.3) is 0 Å². The van der Waals surface area contributed by atoms with Gasteiger partial charge in [0, 0.05) is 25.7 Å². The summed E-state index contributed by atoms with van der Waals surface area (Å²) < 4.78 is 13.6. The second-order valence-electron chi connectivity index (χ2n) is 5.19. The van der Waals surface area contributed by atoms with Gasteiger partial charge in [0.15, 0.2) is 0 Å². The van der Waals surface area contributed by atoms with Crippen molar-refractivity contribution in [1.82, 2.24) is 9.80 Å². The summed E-state index contributed by atoms with van der Waals surface area (Å²) in [5, 5.41) is 9.04. The maximum atomic E-state index is 13.6. The lowest BCUT2D eigenvalue weighted by Gasteiger charge is -2.24. The first-order valence-corrected chi connectivity index (χ1v) is 7.39. The predicted molar refractivity (Wildman–Crippen MR) is 81.3 cm³/mol. The number of halogens is 1. The summed E-state index contributed by atoms with van der Waals surface area (Å²) in [5.74, 6) is -0.363. The molecule has 1 rings (SSSR count). The van der Waals surface area contributed by atoms with E-state index in [1.165, 1.54) is 11.0 Å². The molecule has 0 fully saturated rings. The molecule has 21 heavy (non-hydrogen) atoms. The van der Waals surface area contributed by atoms with Crippen molar-refractivity contribution in [3.05, 3.63) is 35.6 Å². The zero-order valence-corrected chi connectivity index (χ0v) is 12.9. The molecule has 1 aromatic rings. The van der Waals surface area contributed by atoms with Gasteiger partial charge < -0.3 is 10.0 Å². The van der Waals surface area contributed by atoms with Crippen molar-refractivity contribution in [1.29, 1.82) is 0 Å². The Morgan fingerprint density at radius 1 is 1.29 bits per heavy atom. The molecular formula is C16H25FN2O2. The molecule has 0 unspecified atom stereocenters. The van der Waals surface area contributed by atoms with E-state index in [4.69, 9.17) is 5.11 Å². The first-order chi connectivity index (χ1) is 10.1. The number of carbonyl (C=O) groups excluding carboxylic acids is 1. The van der Waals surface area contributed by atoms with Gasteiger partial charge in [-0.2, -0.15) is 0 Å². The summed E-state index contributed by atoms with van der Waals surface area (Å²) in [5.41, 5.74) is 0.510. The van der Waals surface area contributed by atoms with Crippen LogP contribution in [-0.4, -0.2) is 54.1 Å². The van der Waals surface area contributed by atoms with Crippen LogP contribution in [0.15, 0.2) is 24.3 Å². The fourth-order valence-electron chi connectivity index (χ4n) is 2.08. The molecule has 0 saturated heterocycles. The number of nitrogens with zero attached hydrogens (tertiary/aromatic N) is 2. The number of benzene rings is 1. The molecule has 0 aliphatic rings. The van der Waals surface area contributed by atoms with Crippen molar-refractivity contribution < 1.29 is 14.3 Å². The highest BCUT2D eigenvalue weighted by Gasteiger charge is 2.15. The lowest BCUT2D eigenvalue weighted by molar-refractivity contribution is -0.131. The summed E-state index contributed by atoms with van der Waals surface area (Å²) in [6, 6.07) is 6.47. The summed E-state index contributed by atoms with van der Waals surface area (Å²) in [6.07, 6.45) is 2.03. The monoisotopic (exact) mass is 296 g/mol. The highest BCUT2D eigenvalue weighted by Crippen LogP contribution is 2.09. The van der Waals surface area contributed by atoms with E-state index in [9.17, 15) is 9.18 Å². The number of unbranched alkanes of at least 4 members (excludes halogenated alkanes) is 1. The van der Waals surface area contributed by atoms with Gasteiger partial charge >= 0.3 is 0 Å².